The number of hydrogen-bond donors (Lipinski definition) is 2. The Balaban J connectivity index is 1.97. The Morgan fingerprint density at radius 3 is 2.45 bits per heavy atom. The van der Waals surface area contributed by atoms with Crippen molar-refractivity contribution in [3.05, 3.63) is 58.1 Å². The predicted octanol–water partition coefficient (Wildman–Crippen LogP) is 5.80. The highest BCUT2D eigenvalue weighted by Gasteiger charge is 2.11. The highest BCUT2D eigenvalue weighted by atomic mass is 79.9. The van der Waals surface area contributed by atoms with Gasteiger partial charge in [-0.2, -0.15) is 0 Å². The van der Waals surface area contributed by atoms with Gasteiger partial charge in [-0.15, -0.1) is 0 Å². The number of carbonyl (C=O) groups is 2. The lowest BCUT2D eigenvalue weighted by molar-refractivity contribution is 0.0952. The van der Waals surface area contributed by atoms with Crippen LogP contribution in [0.1, 0.15) is 66.7 Å². The van der Waals surface area contributed by atoms with Crippen LogP contribution in [0.15, 0.2) is 46.9 Å². The predicted molar refractivity (Wildman–Crippen MR) is 121 cm³/mol. The van der Waals surface area contributed by atoms with Crippen molar-refractivity contribution in [2.75, 3.05) is 18.5 Å². The summed E-state index contributed by atoms with van der Waals surface area (Å²) in [6, 6.07) is 12.2. The Hall–Kier alpha value is -2.34. The molecular formula is C23H29BrN2O3. The van der Waals surface area contributed by atoms with Crippen molar-refractivity contribution in [1.82, 2.24) is 5.32 Å². The van der Waals surface area contributed by atoms with Gasteiger partial charge in [0.1, 0.15) is 5.75 Å². The molecule has 0 radical (unpaired) electrons. The second kappa shape index (κ2) is 12.3. The molecule has 0 aliphatic heterocycles. The van der Waals surface area contributed by atoms with Crippen LogP contribution in [0.5, 0.6) is 5.75 Å². The molecule has 0 heterocycles. The van der Waals surface area contributed by atoms with Gasteiger partial charge in [0, 0.05) is 23.4 Å². The number of benzene rings is 2. The van der Waals surface area contributed by atoms with E-state index >= 15 is 0 Å². The highest BCUT2D eigenvalue weighted by molar-refractivity contribution is 9.10. The molecule has 0 fully saturated rings. The molecule has 2 aromatic rings. The van der Waals surface area contributed by atoms with E-state index in [1.54, 1.807) is 42.5 Å². The Labute approximate surface area is 181 Å². The average Bonchev–Trinajstić information content (AvgIpc) is 2.73. The van der Waals surface area contributed by atoms with Crippen molar-refractivity contribution in [2.45, 2.75) is 46.0 Å². The van der Waals surface area contributed by atoms with Crippen LogP contribution in [0.4, 0.5) is 5.69 Å². The quantitative estimate of drug-likeness (QED) is 0.416. The Bertz CT molecular complexity index is 824. The van der Waals surface area contributed by atoms with E-state index in [0.717, 1.165) is 29.5 Å². The molecule has 2 N–H and O–H groups in total. The molecule has 156 valence electrons. The van der Waals surface area contributed by atoms with Crippen LogP contribution >= 0.6 is 15.9 Å². The van der Waals surface area contributed by atoms with E-state index in [9.17, 15) is 9.59 Å². The van der Waals surface area contributed by atoms with Gasteiger partial charge in [-0.1, -0.05) is 39.2 Å². The Morgan fingerprint density at radius 2 is 1.72 bits per heavy atom. The number of unbranched alkanes of at least 4 members (excludes halogenated alkanes) is 3. The first-order valence-electron chi connectivity index (χ1n) is 10.2. The molecule has 0 saturated carbocycles. The van der Waals surface area contributed by atoms with Crippen molar-refractivity contribution in [3.63, 3.8) is 0 Å². The van der Waals surface area contributed by atoms with Crippen LogP contribution in [0.2, 0.25) is 0 Å². The standard InChI is InChI=1S/C23H29BrN2O3/c1-3-5-6-7-14-29-21-12-11-18(16-20(21)24)23(28)26-19-10-8-9-17(15-19)22(27)25-13-4-2/h8-12,15-16H,3-7,13-14H2,1-2H3,(H,25,27)(H,26,28). The topological polar surface area (TPSA) is 67.4 Å². The molecular weight excluding hydrogens is 432 g/mol. The maximum Gasteiger partial charge on any atom is 0.255 e. The Morgan fingerprint density at radius 1 is 0.931 bits per heavy atom. The van der Waals surface area contributed by atoms with Gasteiger partial charge in [0.2, 0.25) is 0 Å². The molecule has 5 nitrogen and oxygen atoms in total. The van der Waals surface area contributed by atoms with E-state index in [1.807, 2.05) is 6.92 Å². The van der Waals surface area contributed by atoms with Crippen LogP contribution in [0.25, 0.3) is 0 Å². The SMILES string of the molecule is CCCCCCOc1ccc(C(=O)Nc2cccc(C(=O)NCCC)c2)cc1Br. The van der Waals surface area contributed by atoms with Crippen molar-refractivity contribution < 1.29 is 14.3 Å². The lowest BCUT2D eigenvalue weighted by Crippen LogP contribution is -2.24. The summed E-state index contributed by atoms with van der Waals surface area (Å²) >= 11 is 3.48. The van der Waals surface area contributed by atoms with Gasteiger partial charge in [0.15, 0.2) is 0 Å². The van der Waals surface area contributed by atoms with Crippen LogP contribution < -0.4 is 15.4 Å². The van der Waals surface area contributed by atoms with E-state index in [2.05, 4.69) is 33.5 Å². The summed E-state index contributed by atoms with van der Waals surface area (Å²) in [6.07, 6.45) is 5.45. The fraction of sp³-hybridized carbons (Fsp3) is 0.391. The largest absolute Gasteiger partial charge is 0.492 e. The molecule has 0 spiro atoms. The third kappa shape index (κ3) is 7.54. The summed E-state index contributed by atoms with van der Waals surface area (Å²) in [7, 11) is 0. The number of rotatable bonds is 11. The van der Waals surface area contributed by atoms with Gasteiger partial charge in [0.25, 0.3) is 11.8 Å². The normalized spacial score (nSPS) is 10.4. The molecule has 2 amide bonds. The van der Waals surface area contributed by atoms with Crippen molar-refractivity contribution >= 4 is 33.4 Å². The van der Waals surface area contributed by atoms with Crippen molar-refractivity contribution in [3.8, 4) is 5.75 Å². The summed E-state index contributed by atoms with van der Waals surface area (Å²) in [5.74, 6) is 0.338. The minimum atomic E-state index is -0.244. The number of halogens is 1. The fourth-order valence-corrected chi connectivity index (χ4v) is 3.25. The monoisotopic (exact) mass is 460 g/mol. The third-order valence-corrected chi connectivity index (χ3v) is 4.99. The zero-order valence-electron chi connectivity index (χ0n) is 17.1. The number of carbonyl (C=O) groups excluding carboxylic acids is 2. The molecule has 0 aliphatic rings. The maximum atomic E-state index is 12.6. The molecule has 0 saturated heterocycles. The van der Waals surface area contributed by atoms with E-state index in [-0.39, 0.29) is 11.8 Å². The number of anilines is 1. The van der Waals surface area contributed by atoms with Gasteiger partial charge in [-0.3, -0.25) is 9.59 Å². The zero-order chi connectivity index (χ0) is 21.1. The molecule has 0 aliphatic carbocycles. The van der Waals surface area contributed by atoms with E-state index in [4.69, 9.17) is 4.74 Å². The Kier molecular flexibility index (Phi) is 9.71. The second-order valence-corrected chi connectivity index (χ2v) is 7.70. The smallest absolute Gasteiger partial charge is 0.255 e. The average molecular weight is 461 g/mol. The molecule has 2 aromatic carbocycles. The second-order valence-electron chi connectivity index (χ2n) is 6.85. The summed E-state index contributed by atoms with van der Waals surface area (Å²) in [5.41, 5.74) is 1.60. The van der Waals surface area contributed by atoms with Crippen LogP contribution in [0, 0.1) is 0 Å². The fourth-order valence-electron chi connectivity index (χ4n) is 2.75. The lowest BCUT2D eigenvalue weighted by atomic mass is 10.1. The molecule has 0 bridgehead atoms. The van der Waals surface area contributed by atoms with Gasteiger partial charge < -0.3 is 15.4 Å². The van der Waals surface area contributed by atoms with Crippen molar-refractivity contribution in [1.29, 1.82) is 0 Å². The van der Waals surface area contributed by atoms with Gasteiger partial charge >= 0.3 is 0 Å². The third-order valence-electron chi connectivity index (χ3n) is 4.37. The minimum absolute atomic E-state index is 0.147. The first-order chi connectivity index (χ1) is 14.0. The first kappa shape index (κ1) is 22.9. The molecule has 0 unspecified atom stereocenters. The molecule has 0 aromatic heterocycles. The van der Waals surface area contributed by atoms with E-state index in [1.165, 1.54) is 12.8 Å². The van der Waals surface area contributed by atoms with Crippen molar-refractivity contribution in [2.24, 2.45) is 0 Å². The first-order valence-corrected chi connectivity index (χ1v) is 11.0. The molecule has 6 heteroatoms. The lowest BCUT2D eigenvalue weighted by Gasteiger charge is -2.11. The van der Waals surface area contributed by atoms with Gasteiger partial charge in [0.05, 0.1) is 11.1 Å². The maximum absolute atomic E-state index is 12.6. The number of ether oxygens (including phenoxy) is 1. The highest BCUT2D eigenvalue weighted by Crippen LogP contribution is 2.27. The van der Waals surface area contributed by atoms with Gasteiger partial charge in [-0.05, 0) is 65.2 Å². The minimum Gasteiger partial charge on any atom is -0.492 e. The number of hydrogen-bond acceptors (Lipinski definition) is 3. The van der Waals surface area contributed by atoms with Gasteiger partial charge in [-0.25, -0.2) is 0 Å². The number of amides is 2. The molecule has 2 rings (SSSR count). The summed E-state index contributed by atoms with van der Waals surface area (Å²) in [6.45, 7) is 5.46. The van der Waals surface area contributed by atoms with Crippen LogP contribution in [-0.4, -0.2) is 25.0 Å². The molecule has 0 atom stereocenters. The summed E-state index contributed by atoms with van der Waals surface area (Å²) in [5, 5.41) is 5.67. The molecule has 29 heavy (non-hydrogen) atoms. The van der Waals surface area contributed by atoms with E-state index in [0.29, 0.717) is 30.0 Å². The summed E-state index contributed by atoms with van der Waals surface area (Å²) < 4.78 is 6.53. The van der Waals surface area contributed by atoms with E-state index < -0.39 is 0 Å². The van der Waals surface area contributed by atoms with Crippen LogP contribution in [-0.2, 0) is 0 Å². The van der Waals surface area contributed by atoms with Crippen LogP contribution in [0.3, 0.4) is 0 Å². The summed E-state index contributed by atoms with van der Waals surface area (Å²) in [4.78, 5) is 24.7. The zero-order valence-corrected chi connectivity index (χ0v) is 18.7. The number of nitrogens with one attached hydrogen (secondary N) is 2.